The Labute approximate surface area is 224 Å². The smallest absolute Gasteiger partial charge is 0.352 e. The number of aryl methyl sites for hydroxylation is 1. The Bertz CT molecular complexity index is 1670. The number of pyridine rings is 1. The third kappa shape index (κ3) is 5.11. The van der Waals surface area contributed by atoms with Gasteiger partial charge in [-0.05, 0) is 80.4 Å². The van der Waals surface area contributed by atoms with Gasteiger partial charge in [-0.3, -0.25) is 9.98 Å². The van der Waals surface area contributed by atoms with Crippen molar-refractivity contribution < 1.29 is 13.2 Å². The lowest BCUT2D eigenvalue weighted by Gasteiger charge is -2.22. The summed E-state index contributed by atoms with van der Waals surface area (Å²) in [5.41, 5.74) is 5.55. The van der Waals surface area contributed by atoms with E-state index in [0.29, 0.717) is 11.4 Å². The van der Waals surface area contributed by atoms with Gasteiger partial charge in [0.25, 0.3) is 0 Å². The number of benzene rings is 3. The molecule has 0 spiro atoms. The Morgan fingerprint density at radius 1 is 0.897 bits per heavy atom. The highest BCUT2D eigenvalue weighted by molar-refractivity contribution is 5.84. The number of anilines is 2. The molecule has 39 heavy (non-hydrogen) atoms. The molecule has 0 unspecified atom stereocenters. The molecule has 0 radical (unpaired) electrons. The Hall–Kier alpha value is -4.20. The lowest BCUT2D eigenvalue weighted by molar-refractivity contribution is -0.137. The first-order valence-electron chi connectivity index (χ1n) is 13.2. The van der Waals surface area contributed by atoms with E-state index in [-0.39, 0.29) is 6.04 Å². The van der Waals surface area contributed by atoms with Crippen molar-refractivity contribution >= 4 is 22.4 Å². The molecule has 1 aliphatic heterocycles. The van der Waals surface area contributed by atoms with Gasteiger partial charge in [0.2, 0.25) is 0 Å². The minimum Gasteiger partial charge on any atom is -0.352 e. The van der Waals surface area contributed by atoms with E-state index in [0.717, 1.165) is 77.0 Å². The molecule has 3 aliphatic rings. The van der Waals surface area contributed by atoms with Crippen LogP contribution in [0.25, 0.3) is 28.1 Å². The van der Waals surface area contributed by atoms with Crippen molar-refractivity contribution in [3.63, 3.8) is 0 Å². The van der Waals surface area contributed by atoms with Gasteiger partial charge in [0.15, 0.2) is 0 Å². The Morgan fingerprint density at radius 2 is 1.67 bits per heavy atom. The number of rotatable bonds is 4. The maximum absolute atomic E-state index is 13.3. The molecule has 2 heterocycles. The van der Waals surface area contributed by atoms with E-state index in [1.165, 1.54) is 18.6 Å². The first kappa shape index (κ1) is 25.1. The Kier molecular flexibility index (Phi) is 6.54. The lowest BCUT2D eigenvalue weighted by Crippen LogP contribution is -2.19. The second-order valence-electron chi connectivity index (χ2n) is 10.0. The van der Waals surface area contributed by atoms with Crippen molar-refractivity contribution in [2.24, 2.45) is 4.99 Å². The summed E-state index contributed by atoms with van der Waals surface area (Å²) in [6.45, 7) is 1.95. The van der Waals surface area contributed by atoms with E-state index < -0.39 is 11.7 Å². The van der Waals surface area contributed by atoms with Crippen LogP contribution >= 0.6 is 0 Å². The minimum absolute atomic E-state index is 0.222. The summed E-state index contributed by atoms with van der Waals surface area (Å²) in [5, 5.41) is 4.32. The average molecular weight is 528 g/mol. The molecule has 0 atom stereocenters. The minimum atomic E-state index is -4.40. The molecule has 6 rings (SSSR count). The summed E-state index contributed by atoms with van der Waals surface area (Å²) in [7, 11) is 0. The third-order valence-electron chi connectivity index (χ3n) is 7.32. The fourth-order valence-corrected chi connectivity index (χ4v) is 5.29. The number of fused-ring (bicyclic) bond motifs is 2. The fraction of sp³-hybridized carbons (Fsp3) is 0.258. The van der Waals surface area contributed by atoms with Gasteiger partial charge < -0.3 is 9.88 Å². The highest BCUT2D eigenvalue weighted by atomic mass is 19.4. The van der Waals surface area contributed by atoms with Crippen molar-refractivity contribution in [3.8, 4) is 17.1 Å². The topological polar surface area (TPSA) is 55.1 Å². The third-order valence-corrected chi connectivity index (χ3v) is 7.32. The molecule has 1 aromatic heterocycles. The fourth-order valence-electron chi connectivity index (χ4n) is 5.29. The summed E-state index contributed by atoms with van der Waals surface area (Å²) in [6.07, 6.45) is 2.98. The number of para-hydroxylation sites is 2. The first-order chi connectivity index (χ1) is 18.9. The van der Waals surface area contributed by atoms with E-state index in [1.54, 1.807) is 6.20 Å². The Morgan fingerprint density at radius 3 is 2.41 bits per heavy atom. The number of halogens is 3. The quantitative estimate of drug-likeness (QED) is 0.242. The number of nitrogens with one attached hydrogen (secondary N) is 1. The van der Waals surface area contributed by atoms with Crippen LogP contribution in [0.15, 0.2) is 84.0 Å². The normalized spacial score (nSPS) is 15.2. The largest absolute Gasteiger partial charge is 0.416 e. The van der Waals surface area contributed by atoms with Gasteiger partial charge in [0.1, 0.15) is 0 Å². The standard InChI is InChI=1S/C31H28F3N5/c1-20-24(11-7-17-35-20)37-26-18-28-30(19-27(26)36-22-8-3-2-4-9-22)39(29-12-6-5-10-25(29)38-28)23-15-13-21(14-16-23)31(32,33)34/h5-7,10-19,22,37H,2-4,8-9H2,1H3. The highest BCUT2D eigenvalue weighted by Gasteiger charge is 2.30. The molecule has 1 N–H and O–H groups in total. The van der Waals surface area contributed by atoms with Crippen LogP contribution in [0, 0.1) is 6.92 Å². The summed E-state index contributed by atoms with van der Waals surface area (Å²) in [6, 6.07) is 21.0. The zero-order chi connectivity index (χ0) is 27.0. The molecular formula is C31H28F3N5. The number of hydrogen-bond donors (Lipinski definition) is 1. The molecule has 8 heteroatoms. The van der Waals surface area contributed by atoms with Gasteiger partial charge in [0, 0.05) is 11.9 Å². The summed E-state index contributed by atoms with van der Waals surface area (Å²) in [5.74, 6) is 0. The van der Waals surface area contributed by atoms with E-state index in [2.05, 4.69) is 10.3 Å². The first-order valence-corrected chi connectivity index (χ1v) is 13.2. The molecule has 5 nitrogen and oxygen atoms in total. The van der Waals surface area contributed by atoms with Crippen molar-refractivity contribution in [3.05, 3.63) is 95.6 Å². The maximum Gasteiger partial charge on any atom is 0.416 e. The van der Waals surface area contributed by atoms with Gasteiger partial charge in [-0.2, -0.15) is 13.2 Å². The van der Waals surface area contributed by atoms with Crippen molar-refractivity contribution in [1.82, 2.24) is 14.5 Å². The second-order valence-corrected chi connectivity index (χ2v) is 10.0. The molecule has 2 aliphatic carbocycles. The summed E-state index contributed by atoms with van der Waals surface area (Å²) < 4.78 is 41.9. The van der Waals surface area contributed by atoms with E-state index in [1.807, 2.05) is 60.0 Å². The van der Waals surface area contributed by atoms with Crippen LogP contribution in [0.2, 0.25) is 0 Å². The monoisotopic (exact) mass is 527 g/mol. The van der Waals surface area contributed by atoms with Crippen LogP contribution in [0.1, 0.15) is 43.4 Å². The van der Waals surface area contributed by atoms with Crippen LogP contribution in [0.5, 0.6) is 0 Å². The van der Waals surface area contributed by atoms with Gasteiger partial charge in [-0.15, -0.1) is 0 Å². The molecule has 2 aromatic carbocycles. The summed E-state index contributed by atoms with van der Waals surface area (Å²) >= 11 is 0. The molecule has 3 aromatic rings. The molecule has 0 amide bonds. The average Bonchev–Trinajstić information content (AvgIpc) is 2.93. The van der Waals surface area contributed by atoms with Crippen LogP contribution in [0.3, 0.4) is 0 Å². The van der Waals surface area contributed by atoms with Gasteiger partial charge >= 0.3 is 6.18 Å². The number of alkyl halides is 3. The maximum atomic E-state index is 13.3. The lowest BCUT2D eigenvalue weighted by atomic mass is 9.96. The molecule has 0 bridgehead atoms. The number of hydrogen-bond acceptors (Lipinski definition) is 4. The zero-order valence-corrected chi connectivity index (χ0v) is 21.5. The summed E-state index contributed by atoms with van der Waals surface area (Å²) in [4.78, 5) is 14.5. The molecule has 1 fully saturated rings. The van der Waals surface area contributed by atoms with Crippen LogP contribution < -0.4 is 10.7 Å². The molecule has 198 valence electrons. The molecular weight excluding hydrogens is 499 g/mol. The highest BCUT2D eigenvalue weighted by Crippen LogP contribution is 2.33. The van der Waals surface area contributed by atoms with Crippen LogP contribution in [-0.2, 0) is 6.18 Å². The van der Waals surface area contributed by atoms with Crippen molar-refractivity contribution in [2.45, 2.75) is 51.2 Å². The number of aromatic nitrogens is 3. The van der Waals surface area contributed by atoms with E-state index in [9.17, 15) is 13.2 Å². The predicted octanol–water partition coefficient (Wildman–Crippen LogP) is 7.83. The van der Waals surface area contributed by atoms with Crippen molar-refractivity contribution in [2.75, 3.05) is 5.32 Å². The molecule has 0 saturated heterocycles. The van der Waals surface area contributed by atoms with E-state index >= 15 is 0 Å². The Balaban J connectivity index is 1.60. The SMILES string of the molecule is Cc1ncccc1Nc1cc2nc3ccccc3n(-c3ccc(C(F)(F)F)cc3)c-2cc1=NC1CCCCC1. The van der Waals surface area contributed by atoms with Gasteiger partial charge in [-0.25, -0.2) is 4.98 Å². The zero-order valence-electron chi connectivity index (χ0n) is 21.5. The van der Waals surface area contributed by atoms with Crippen LogP contribution in [-0.4, -0.2) is 20.6 Å². The second kappa shape index (κ2) is 10.2. The van der Waals surface area contributed by atoms with Crippen LogP contribution in [0.4, 0.5) is 24.5 Å². The van der Waals surface area contributed by atoms with E-state index in [4.69, 9.17) is 9.98 Å². The van der Waals surface area contributed by atoms with Crippen molar-refractivity contribution in [1.29, 1.82) is 0 Å². The van der Waals surface area contributed by atoms with Gasteiger partial charge in [-0.1, -0.05) is 31.4 Å². The molecule has 1 saturated carbocycles. The van der Waals surface area contributed by atoms with Gasteiger partial charge in [0.05, 0.1) is 56.5 Å². The predicted molar refractivity (Wildman–Crippen MR) is 147 cm³/mol. The number of nitrogens with zero attached hydrogens (tertiary/aromatic N) is 4.